The fourth-order valence-electron chi connectivity index (χ4n) is 2.30. The first-order valence-corrected chi connectivity index (χ1v) is 5.07. The van der Waals surface area contributed by atoms with E-state index in [9.17, 15) is 0 Å². The Kier molecular flexibility index (Phi) is 1.70. The second kappa shape index (κ2) is 2.92. The average Bonchev–Trinajstić information content (AvgIpc) is 2.56. The molecule has 0 unspecified atom stereocenters. The molecule has 2 aliphatic heterocycles. The van der Waals surface area contributed by atoms with Crippen LogP contribution in [-0.2, 0) is 6.42 Å². The summed E-state index contributed by atoms with van der Waals surface area (Å²) in [6.45, 7) is 2.09. The smallest absolute Gasteiger partial charge is 0.160 e. The standard InChI is InChI=1S/C10H13N3O/c1-3-11-4-2-10(1)5-8-9(14-10)6-12-7-13-8/h6-7,11H,1-5H2. The van der Waals surface area contributed by atoms with Crippen molar-refractivity contribution in [2.45, 2.75) is 24.9 Å². The number of aromatic nitrogens is 2. The van der Waals surface area contributed by atoms with Crippen molar-refractivity contribution >= 4 is 0 Å². The second-order valence-electron chi connectivity index (χ2n) is 4.05. The summed E-state index contributed by atoms with van der Waals surface area (Å²) in [5.74, 6) is 0.884. The van der Waals surface area contributed by atoms with Gasteiger partial charge in [-0.1, -0.05) is 0 Å². The summed E-state index contributed by atoms with van der Waals surface area (Å²) in [5.41, 5.74) is 1.09. The summed E-state index contributed by atoms with van der Waals surface area (Å²) in [5, 5.41) is 3.35. The molecule has 1 N–H and O–H groups in total. The predicted octanol–water partition coefficient (Wildman–Crippen LogP) is 0.534. The van der Waals surface area contributed by atoms with Crippen LogP contribution in [0.3, 0.4) is 0 Å². The molecule has 0 aromatic carbocycles. The molecule has 1 aromatic rings. The van der Waals surface area contributed by atoms with E-state index in [1.54, 1.807) is 12.5 Å². The minimum Gasteiger partial charge on any atom is -0.483 e. The van der Waals surface area contributed by atoms with Gasteiger partial charge in [0.15, 0.2) is 5.75 Å². The maximum absolute atomic E-state index is 5.97. The summed E-state index contributed by atoms with van der Waals surface area (Å²) >= 11 is 0. The van der Waals surface area contributed by atoms with Gasteiger partial charge in [-0.3, -0.25) is 0 Å². The van der Waals surface area contributed by atoms with Crippen molar-refractivity contribution in [3.63, 3.8) is 0 Å². The largest absolute Gasteiger partial charge is 0.483 e. The number of nitrogens with one attached hydrogen (secondary N) is 1. The summed E-state index contributed by atoms with van der Waals surface area (Å²) in [4.78, 5) is 8.23. The van der Waals surface area contributed by atoms with E-state index in [4.69, 9.17) is 4.74 Å². The highest BCUT2D eigenvalue weighted by atomic mass is 16.5. The molecule has 0 aliphatic carbocycles. The van der Waals surface area contributed by atoms with Crippen LogP contribution < -0.4 is 10.1 Å². The minimum absolute atomic E-state index is 0.0175. The number of ether oxygens (including phenoxy) is 1. The highest BCUT2D eigenvalue weighted by Gasteiger charge is 2.40. The summed E-state index contributed by atoms with van der Waals surface area (Å²) < 4.78 is 5.97. The molecule has 14 heavy (non-hydrogen) atoms. The number of nitrogens with zero attached hydrogens (tertiary/aromatic N) is 2. The van der Waals surface area contributed by atoms with E-state index < -0.39 is 0 Å². The molecule has 4 heteroatoms. The third-order valence-corrected chi connectivity index (χ3v) is 3.09. The van der Waals surface area contributed by atoms with Gasteiger partial charge >= 0.3 is 0 Å². The predicted molar refractivity (Wildman–Crippen MR) is 51.2 cm³/mol. The van der Waals surface area contributed by atoms with Crippen LogP contribution in [0.2, 0.25) is 0 Å². The number of fused-ring (bicyclic) bond motifs is 1. The van der Waals surface area contributed by atoms with Crippen LogP contribution in [0.4, 0.5) is 0 Å². The quantitative estimate of drug-likeness (QED) is 0.650. The molecular formula is C10H13N3O. The molecule has 0 amide bonds. The van der Waals surface area contributed by atoms with E-state index >= 15 is 0 Å². The third-order valence-electron chi connectivity index (χ3n) is 3.09. The summed E-state index contributed by atoms with van der Waals surface area (Å²) in [6, 6.07) is 0. The second-order valence-corrected chi connectivity index (χ2v) is 4.05. The van der Waals surface area contributed by atoms with Gasteiger partial charge in [0.1, 0.15) is 11.9 Å². The third kappa shape index (κ3) is 1.18. The van der Waals surface area contributed by atoms with Gasteiger partial charge in [-0.2, -0.15) is 0 Å². The van der Waals surface area contributed by atoms with Crippen molar-refractivity contribution in [1.29, 1.82) is 0 Å². The van der Waals surface area contributed by atoms with E-state index in [0.717, 1.165) is 43.8 Å². The van der Waals surface area contributed by atoms with Gasteiger partial charge < -0.3 is 10.1 Å². The van der Waals surface area contributed by atoms with Crippen LogP contribution in [0.5, 0.6) is 5.75 Å². The first kappa shape index (κ1) is 8.17. The van der Waals surface area contributed by atoms with Gasteiger partial charge in [0.05, 0.1) is 11.9 Å². The van der Waals surface area contributed by atoms with Gasteiger partial charge in [-0.25, -0.2) is 9.97 Å². The molecule has 1 saturated heterocycles. The molecule has 2 aliphatic rings. The zero-order chi connectivity index (χ0) is 9.43. The van der Waals surface area contributed by atoms with Gasteiger partial charge in [0, 0.05) is 19.3 Å². The van der Waals surface area contributed by atoms with E-state index in [2.05, 4.69) is 15.3 Å². The Bertz CT molecular complexity index is 320. The van der Waals surface area contributed by atoms with Crippen molar-refractivity contribution in [1.82, 2.24) is 15.3 Å². The van der Waals surface area contributed by atoms with Crippen molar-refractivity contribution in [2.24, 2.45) is 0 Å². The molecule has 0 radical (unpaired) electrons. The van der Waals surface area contributed by atoms with E-state index in [1.165, 1.54) is 0 Å². The van der Waals surface area contributed by atoms with E-state index in [1.807, 2.05) is 0 Å². The fraction of sp³-hybridized carbons (Fsp3) is 0.600. The summed E-state index contributed by atoms with van der Waals surface area (Å²) in [7, 11) is 0. The van der Waals surface area contributed by atoms with Gasteiger partial charge in [0.25, 0.3) is 0 Å². The SMILES string of the molecule is c1ncc2c(n1)CC1(CCNCC1)O2. The lowest BCUT2D eigenvalue weighted by atomic mass is 9.89. The lowest BCUT2D eigenvalue weighted by molar-refractivity contribution is 0.0597. The fourth-order valence-corrected chi connectivity index (χ4v) is 2.30. The Hall–Kier alpha value is -1.16. The Morgan fingerprint density at radius 1 is 1.36 bits per heavy atom. The lowest BCUT2D eigenvalue weighted by Gasteiger charge is -2.32. The Morgan fingerprint density at radius 3 is 3.00 bits per heavy atom. The van der Waals surface area contributed by atoms with Crippen molar-refractivity contribution in [3.05, 3.63) is 18.2 Å². The average molecular weight is 191 g/mol. The number of rotatable bonds is 0. The minimum atomic E-state index is 0.0175. The first-order chi connectivity index (χ1) is 6.88. The number of hydrogen-bond acceptors (Lipinski definition) is 4. The molecule has 3 rings (SSSR count). The molecular weight excluding hydrogens is 178 g/mol. The topological polar surface area (TPSA) is 47.0 Å². The number of hydrogen-bond donors (Lipinski definition) is 1. The van der Waals surface area contributed by atoms with E-state index in [-0.39, 0.29) is 5.60 Å². The molecule has 0 saturated carbocycles. The maximum atomic E-state index is 5.97. The van der Waals surface area contributed by atoms with Gasteiger partial charge in [-0.15, -0.1) is 0 Å². The van der Waals surface area contributed by atoms with Crippen molar-refractivity contribution < 1.29 is 4.74 Å². The van der Waals surface area contributed by atoms with Crippen LogP contribution >= 0.6 is 0 Å². The zero-order valence-electron chi connectivity index (χ0n) is 7.99. The van der Waals surface area contributed by atoms with Gasteiger partial charge in [-0.05, 0) is 13.1 Å². The van der Waals surface area contributed by atoms with Gasteiger partial charge in [0.2, 0.25) is 0 Å². The molecule has 3 heterocycles. The molecule has 0 bridgehead atoms. The van der Waals surface area contributed by atoms with Crippen molar-refractivity contribution in [3.8, 4) is 5.75 Å². The number of piperidine rings is 1. The highest BCUT2D eigenvalue weighted by Crippen LogP contribution is 2.37. The van der Waals surface area contributed by atoms with Crippen LogP contribution in [0.25, 0.3) is 0 Å². The van der Waals surface area contributed by atoms with Crippen LogP contribution in [0.1, 0.15) is 18.5 Å². The Labute approximate surface area is 82.7 Å². The van der Waals surface area contributed by atoms with E-state index in [0.29, 0.717) is 0 Å². The molecule has 0 atom stereocenters. The monoisotopic (exact) mass is 191 g/mol. The molecule has 4 nitrogen and oxygen atoms in total. The zero-order valence-corrected chi connectivity index (χ0v) is 7.99. The van der Waals surface area contributed by atoms with Crippen LogP contribution in [-0.4, -0.2) is 28.7 Å². The first-order valence-electron chi connectivity index (χ1n) is 5.07. The summed E-state index contributed by atoms with van der Waals surface area (Å²) in [6.07, 6.45) is 6.47. The van der Waals surface area contributed by atoms with Crippen LogP contribution in [0.15, 0.2) is 12.5 Å². The Morgan fingerprint density at radius 2 is 2.21 bits per heavy atom. The van der Waals surface area contributed by atoms with Crippen molar-refractivity contribution in [2.75, 3.05) is 13.1 Å². The highest BCUT2D eigenvalue weighted by molar-refractivity contribution is 5.31. The van der Waals surface area contributed by atoms with Crippen LogP contribution in [0, 0.1) is 0 Å². The Balaban J connectivity index is 1.89. The maximum Gasteiger partial charge on any atom is 0.160 e. The molecule has 74 valence electrons. The normalized spacial score (nSPS) is 23.1. The molecule has 1 spiro atoms. The molecule has 1 fully saturated rings. The lowest BCUT2D eigenvalue weighted by Crippen LogP contribution is -2.45. The molecule has 1 aromatic heterocycles.